The molecule has 2 rings (SSSR count). The van der Waals surface area contributed by atoms with Gasteiger partial charge in [-0.1, -0.05) is 12.1 Å². The first-order valence-electron chi connectivity index (χ1n) is 5.34. The maximum Gasteiger partial charge on any atom is 0.123 e. The molecule has 0 bridgehead atoms. The molecule has 0 saturated carbocycles. The normalized spacial score (nSPS) is 19.7. The summed E-state index contributed by atoms with van der Waals surface area (Å²) in [6.07, 6.45) is 1.80. The summed E-state index contributed by atoms with van der Waals surface area (Å²) in [5.41, 5.74) is 2.60. The Hall–Kier alpha value is -1.06. The molecule has 1 atom stereocenters. The SMILES string of the molecule is COc1cccc2c1CNC(CCO)C2. The van der Waals surface area contributed by atoms with Crippen LogP contribution in [0.5, 0.6) is 5.75 Å². The average molecular weight is 207 g/mol. The lowest BCUT2D eigenvalue weighted by Gasteiger charge is -2.26. The van der Waals surface area contributed by atoms with E-state index in [1.54, 1.807) is 7.11 Å². The zero-order valence-electron chi connectivity index (χ0n) is 8.99. The Morgan fingerprint density at radius 3 is 3.13 bits per heavy atom. The van der Waals surface area contributed by atoms with Gasteiger partial charge in [-0.15, -0.1) is 0 Å². The Bertz CT molecular complexity index is 338. The van der Waals surface area contributed by atoms with Crippen LogP contribution >= 0.6 is 0 Å². The van der Waals surface area contributed by atoms with Gasteiger partial charge in [-0.05, 0) is 24.5 Å². The molecule has 1 unspecified atom stereocenters. The summed E-state index contributed by atoms with van der Waals surface area (Å²) < 4.78 is 5.32. The van der Waals surface area contributed by atoms with Gasteiger partial charge in [0.05, 0.1) is 7.11 Å². The molecular formula is C12H17NO2. The highest BCUT2D eigenvalue weighted by Gasteiger charge is 2.19. The first-order chi connectivity index (χ1) is 7.35. The topological polar surface area (TPSA) is 41.5 Å². The number of ether oxygens (including phenoxy) is 1. The van der Waals surface area contributed by atoms with Crippen molar-refractivity contribution in [3.8, 4) is 5.75 Å². The van der Waals surface area contributed by atoms with Crippen molar-refractivity contribution in [2.45, 2.75) is 25.4 Å². The van der Waals surface area contributed by atoms with Crippen LogP contribution < -0.4 is 10.1 Å². The third kappa shape index (κ3) is 2.13. The highest BCUT2D eigenvalue weighted by atomic mass is 16.5. The van der Waals surface area contributed by atoms with E-state index in [4.69, 9.17) is 9.84 Å². The summed E-state index contributed by atoms with van der Waals surface area (Å²) in [7, 11) is 1.70. The molecule has 1 aliphatic heterocycles. The minimum Gasteiger partial charge on any atom is -0.496 e. The summed E-state index contributed by atoms with van der Waals surface area (Å²) in [6.45, 7) is 1.08. The van der Waals surface area contributed by atoms with Crippen molar-refractivity contribution < 1.29 is 9.84 Å². The third-order valence-electron chi connectivity index (χ3n) is 2.96. The number of hydrogen-bond acceptors (Lipinski definition) is 3. The van der Waals surface area contributed by atoms with Gasteiger partial charge in [0.2, 0.25) is 0 Å². The maximum absolute atomic E-state index is 8.90. The van der Waals surface area contributed by atoms with Crippen molar-refractivity contribution in [2.75, 3.05) is 13.7 Å². The molecule has 0 fully saturated rings. The minimum atomic E-state index is 0.247. The van der Waals surface area contributed by atoms with Crippen molar-refractivity contribution in [2.24, 2.45) is 0 Å². The monoisotopic (exact) mass is 207 g/mol. The van der Waals surface area contributed by atoms with Crippen LogP contribution in [-0.2, 0) is 13.0 Å². The molecule has 0 aromatic heterocycles. The van der Waals surface area contributed by atoms with E-state index in [9.17, 15) is 0 Å². The largest absolute Gasteiger partial charge is 0.496 e. The van der Waals surface area contributed by atoms with Gasteiger partial charge in [0.15, 0.2) is 0 Å². The average Bonchev–Trinajstić information content (AvgIpc) is 2.28. The van der Waals surface area contributed by atoms with Gasteiger partial charge in [0, 0.05) is 24.8 Å². The summed E-state index contributed by atoms with van der Waals surface area (Å²) in [6, 6.07) is 6.56. The molecule has 1 aromatic rings. The molecule has 2 N–H and O–H groups in total. The van der Waals surface area contributed by atoms with Crippen LogP contribution in [-0.4, -0.2) is 24.9 Å². The molecule has 0 spiro atoms. The van der Waals surface area contributed by atoms with E-state index >= 15 is 0 Å². The molecule has 3 heteroatoms. The standard InChI is InChI=1S/C12H17NO2/c1-15-12-4-2-3-9-7-10(5-6-14)13-8-11(9)12/h2-4,10,13-14H,5-8H2,1H3. The van der Waals surface area contributed by atoms with Crippen LogP contribution in [0.25, 0.3) is 0 Å². The lowest BCUT2D eigenvalue weighted by molar-refractivity contribution is 0.260. The zero-order valence-corrected chi connectivity index (χ0v) is 8.99. The Balaban J connectivity index is 2.20. The molecule has 1 aromatic carbocycles. The summed E-state index contributed by atoms with van der Waals surface area (Å²) in [4.78, 5) is 0. The number of benzene rings is 1. The molecule has 1 heterocycles. The van der Waals surface area contributed by atoms with Crippen LogP contribution in [0.3, 0.4) is 0 Å². The molecule has 0 amide bonds. The molecule has 0 aliphatic carbocycles. The Kier molecular flexibility index (Phi) is 3.23. The van der Waals surface area contributed by atoms with E-state index in [0.29, 0.717) is 6.04 Å². The van der Waals surface area contributed by atoms with Gasteiger partial charge in [-0.25, -0.2) is 0 Å². The van der Waals surface area contributed by atoms with Crippen LogP contribution in [0, 0.1) is 0 Å². The third-order valence-corrected chi connectivity index (χ3v) is 2.96. The van der Waals surface area contributed by atoms with Crippen molar-refractivity contribution in [3.63, 3.8) is 0 Å². The zero-order chi connectivity index (χ0) is 10.7. The van der Waals surface area contributed by atoms with Crippen LogP contribution in [0.1, 0.15) is 17.5 Å². The Morgan fingerprint density at radius 2 is 2.40 bits per heavy atom. The van der Waals surface area contributed by atoms with Gasteiger partial charge in [0.1, 0.15) is 5.75 Å². The van der Waals surface area contributed by atoms with E-state index in [1.807, 2.05) is 12.1 Å². The molecule has 0 radical (unpaired) electrons. The second-order valence-electron chi connectivity index (χ2n) is 3.89. The van der Waals surface area contributed by atoms with Gasteiger partial charge >= 0.3 is 0 Å². The van der Waals surface area contributed by atoms with E-state index in [-0.39, 0.29) is 6.61 Å². The predicted octanol–water partition coefficient (Wildman–Crippen LogP) is 1.09. The van der Waals surface area contributed by atoms with Gasteiger partial charge in [-0.2, -0.15) is 0 Å². The lowest BCUT2D eigenvalue weighted by Crippen LogP contribution is -2.36. The summed E-state index contributed by atoms with van der Waals surface area (Å²) in [5, 5.41) is 12.3. The van der Waals surface area contributed by atoms with Gasteiger partial charge in [-0.3, -0.25) is 0 Å². The Labute approximate surface area is 90.1 Å². The maximum atomic E-state index is 8.90. The highest BCUT2D eigenvalue weighted by molar-refractivity contribution is 5.42. The first kappa shape index (κ1) is 10.5. The minimum absolute atomic E-state index is 0.247. The van der Waals surface area contributed by atoms with Gasteiger partial charge < -0.3 is 15.2 Å². The quantitative estimate of drug-likeness (QED) is 0.779. The van der Waals surface area contributed by atoms with Crippen molar-refractivity contribution in [1.82, 2.24) is 5.32 Å². The number of nitrogens with one attached hydrogen (secondary N) is 1. The smallest absolute Gasteiger partial charge is 0.123 e. The van der Waals surface area contributed by atoms with E-state index < -0.39 is 0 Å². The van der Waals surface area contributed by atoms with Gasteiger partial charge in [0.25, 0.3) is 0 Å². The molecule has 0 saturated heterocycles. The fraction of sp³-hybridized carbons (Fsp3) is 0.500. The predicted molar refractivity (Wildman–Crippen MR) is 59.0 cm³/mol. The fourth-order valence-corrected chi connectivity index (χ4v) is 2.14. The lowest BCUT2D eigenvalue weighted by atomic mass is 9.94. The number of aliphatic hydroxyl groups is 1. The van der Waals surface area contributed by atoms with Crippen molar-refractivity contribution in [1.29, 1.82) is 0 Å². The number of aliphatic hydroxyl groups excluding tert-OH is 1. The summed E-state index contributed by atoms with van der Waals surface area (Å²) in [5.74, 6) is 0.961. The fourth-order valence-electron chi connectivity index (χ4n) is 2.14. The second-order valence-corrected chi connectivity index (χ2v) is 3.89. The van der Waals surface area contributed by atoms with Crippen LogP contribution in [0.4, 0.5) is 0 Å². The number of methoxy groups -OCH3 is 1. The number of hydrogen-bond donors (Lipinski definition) is 2. The first-order valence-corrected chi connectivity index (χ1v) is 5.34. The van der Waals surface area contributed by atoms with E-state index in [1.165, 1.54) is 11.1 Å². The Morgan fingerprint density at radius 1 is 1.53 bits per heavy atom. The molecule has 1 aliphatic rings. The van der Waals surface area contributed by atoms with Crippen molar-refractivity contribution >= 4 is 0 Å². The van der Waals surface area contributed by atoms with E-state index in [0.717, 1.165) is 25.1 Å². The van der Waals surface area contributed by atoms with E-state index in [2.05, 4.69) is 11.4 Å². The van der Waals surface area contributed by atoms with Crippen molar-refractivity contribution in [3.05, 3.63) is 29.3 Å². The summed E-state index contributed by atoms with van der Waals surface area (Å²) >= 11 is 0. The second kappa shape index (κ2) is 4.64. The highest BCUT2D eigenvalue weighted by Crippen LogP contribution is 2.26. The molecule has 3 nitrogen and oxygen atoms in total. The number of rotatable bonds is 3. The van der Waals surface area contributed by atoms with Crippen LogP contribution in [0.15, 0.2) is 18.2 Å². The molecular weight excluding hydrogens is 190 g/mol. The van der Waals surface area contributed by atoms with Crippen LogP contribution in [0.2, 0.25) is 0 Å². The molecule has 15 heavy (non-hydrogen) atoms. The molecule has 82 valence electrons. The number of fused-ring (bicyclic) bond motifs is 1.